The quantitative estimate of drug-likeness (QED) is 0.278. The average Bonchev–Trinajstić information content (AvgIpc) is 3.19. The van der Waals surface area contributed by atoms with Crippen molar-refractivity contribution in [2.75, 3.05) is 0 Å². The van der Waals surface area contributed by atoms with E-state index in [9.17, 15) is 0 Å². The van der Waals surface area contributed by atoms with E-state index in [1.807, 2.05) is 38.1 Å². The molecule has 2 aromatic heterocycles. The molecule has 0 aliphatic carbocycles. The molecule has 0 radical (unpaired) electrons. The predicted octanol–water partition coefficient (Wildman–Crippen LogP) is 8.15. The molecule has 0 amide bonds. The SMILES string of the molecule is [2H]c1cc(C([2H])([2H])C(C)C)cc(-c2cccc3c2oc2cc4c(ccc5ccccc54)cc23)n1. The molecule has 2 heterocycles. The van der Waals surface area contributed by atoms with Crippen molar-refractivity contribution < 1.29 is 8.53 Å². The molecular weight excluding hydrogens is 378 g/mol. The number of nitrogens with zero attached hydrogens (tertiary/aromatic N) is 1. The van der Waals surface area contributed by atoms with E-state index >= 15 is 0 Å². The van der Waals surface area contributed by atoms with Gasteiger partial charge in [0.25, 0.3) is 0 Å². The molecule has 4 aromatic carbocycles. The maximum atomic E-state index is 8.51. The Hall–Kier alpha value is -3.65. The molecule has 0 spiro atoms. The Morgan fingerprint density at radius 3 is 2.58 bits per heavy atom. The van der Waals surface area contributed by atoms with Gasteiger partial charge in [0.1, 0.15) is 11.2 Å². The Bertz CT molecular complexity index is 1730. The molecule has 0 bridgehead atoms. The first kappa shape index (κ1) is 15.2. The molecule has 0 aliphatic heterocycles. The van der Waals surface area contributed by atoms with Gasteiger partial charge in [0, 0.05) is 25.3 Å². The fraction of sp³-hybridized carbons (Fsp3) is 0.138. The molecule has 0 saturated heterocycles. The zero-order valence-electron chi connectivity index (χ0n) is 20.4. The molecule has 0 atom stereocenters. The third kappa shape index (κ3) is 2.98. The Balaban J connectivity index is 1.62. The number of benzene rings is 4. The lowest BCUT2D eigenvalue weighted by Crippen LogP contribution is -1.95. The van der Waals surface area contributed by atoms with Crippen LogP contribution in [0.25, 0.3) is 54.7 Å². The van der Waals surface area contributed by atoms with Crippen molar-refractivity contribution in [1.82, 2.24) is 4.98 Å². The molecule has 0 aliphatic rings. The van der Waals surface area contributed by atoms with Crippen molar-refractivity contribution in [2.24, 2.45) is 5.92 Å². The fourth-order valence-corrected chi connectivity index (χ4v) is 4.45. The topological polar surface area (TPSA) is 26.0 Å². The summed E-state index contributed by atoms with van der Waals surface area (Å²) in [6.07, 6.45) is -1.52. The minimum absolute atomic E-state index is 0.0438. The summed E-state index contributed by atoms with van der Waals surface area (Å²) in [7, 11) is 0. The minimum atomic E-state index is -1.56. The number of rotatable bonds is 3. The molecule has 31 heavy (non-hydrogen) atoms. The summed E-state index contributed by atoms with van der Waals surface area (Å²) in [6.45, 7) is 3.69. The van der Waals surface area contributed by atoms with Crippen LogP contribution >= 0.6 is 0 Å². The number of hydrogen-bond acceptors (Lipinski definition) is 2. The van der Waals surface area contributed by atoms with Crippen LogP contribution in [-0.4, -0.2) is 4.98 Å². The number of aromatic nitrogens is 1. The maximum Gasteiger partial charge on any atom is 0.144 e. The van der Waals surface area contributed by atoms with E-state index < -0.39 is 6.37 Å². The molecule has 2 nitrogen and oxygen atoms in total. The third-order valence-corrected chi connectivity index (χ3v) is 5.79. The molecule has 2 heteroatoms. The highest BCUT2D eigenvalue weighted by Crippen LogP contribution is 2.38. The summed E-state index contributed by atoms with van der Waals surface area (Å²) >= 11 is 0. The highest BCUT2D eigenvalue weighted by Gasteiger charge is 2.15. The van der Waals surface area contributed by atoms with Gasteiger partial charge in [-0.2, -0.15) is 0 Å². The summed E-state index contributed by atoms with van der Waals surface area (Å²) in [5, 5.41) is 6.68. The highest BCUT2D eigenvalue weighted by atomic mass is 16.3. The van der Waals surface area contributed by atoms with E-state index in [-0.39, 0.29) is 12.1 Å². The Morgan fingerprint density at radius 1 is 0.839 bits per heavy atom. The van der Waals surface area contributed by atoms with Crippen LogP contribution in [0.3, 0.4) is 0 Å². The second-order valence-electron chi connectivity index (χ2n) is 8.31. The fourth-order valence-electron chi connectivity index (χ4n) is 4.45. The van der Waals surface area contributed by atoms with E-state index in [1.165, 1.54) is 16.8 Å². The van der Waals surface area contributed by atoms with Crippen molar-refractivity contribution in [2.45, 2.75) is 20.2 Å². The third-order valence-electron chi connectivity index (χ3n) is 5.79. The zero-order chi connectivity index (χ0) is 23.6. The van der Waals surface area contributed by atoms with Crippen molar-refractivity contribution in [3.63, 3.8) is 0 Å². The standard InChI is InChI=1S/C29H23NO/c1-18(2)14-19-12-13-30-27(15-19)24-9-5-8-23-26-16-21-11-10-20-6-3-4-7-22(20)25(21)17-28(26)31-29(23)24/h3-13,15-18H,14H2,1-2H3/i13D,14D2. The lowest BCUT2D eigenvalue weighted by atomic mass is 9.99. The van der Waals surface area contributed by atoms with Gasteiger partial charge in [0.15, 0.2) is 0 Å². The van der Waals surface area contributed by atoms with Crippen LogP contribution in [0.5, 0.6) is 0 Å². The average molecular weight is 405 g/mol. The van der Waals surface area contributed by atoms with Gasteiger partial charge in [-0.3, -0.25) is 4.98 Å². The first-order chi connectivity index (χ1) is 16.3. The van der Waals surface area contributed by atoms with Gasteiger partial charge in [0.2, 0.25) is 0 Å². The summed E-state index contributed by atoms with van der Waals surface area (Å²) in [5.41, 5.74) is 3.27. The van der Waals surface area contributed by atoms with Gasteiger partial charge in [0.05, 0.1) is 7.06 Å². The van der Waals surface area contributed by atoms with Crippen LogP contribution < -0.4 is 0 Å². The first-order valence-corrected chi connectivity index (χ1v) is 10.6. The van der Waals surface area contributed by atoms with E-state index in [0.717, 1.165) is 32.7 Å². The number of furan rings is 1. The van der Waals surface area contributed by atoms with Crippen LogP contribution in [0.2, 0.25) is 0 Å². The van der Waals surface area contributed by atoms with Crippen molar-refractivity contribution in [1.29, 1.82) is 0 Å². The predicted molar refractivity (Wildman–Crippen MR) is 131 cm³/mol. The number of fused-ring (bicyclic) bond motifs is 6. The van der Waals surface area contributed by atoms with Gasteiger partial charge >= 0.3 is 0 Å². The molecule has 6 aromatic rings. The van der Waals surface area contributed by atoms with Crippen LogP contribution in [0.15, 0.2) is 89.5 Å². The molecule has 0 N–H and O–H groups in total. The summed E-state index contributed by atoms with van der Waals surface area (Å²) in [6, 6.07) is 26.1. The second-order valence-corrected chi connectivity index (χ2v) is 8.31. The Morgan fingerprint density at radius 2 is 1.68 bits per heavy atom. The van der Waals surface area contributed by atoms with Crippen LogP contribution in [0, 0.1) is 5.92 Å². The summed E-state index contributed by atoms with van der Waals surface area (Å²) < 4.78 is 31.7. The van der Waals surface area contributed by atoms with Crippen molar-refractivity contribution in [3.05, 3.63) is 90.6 Å². The summed E-state index contributed by atoms with van der Waals surface area (Å²) in [5.74, 6) is -0.230. The van der Waals surface area contributed by atoms with E-state index in [1.54, 1.807) is 6.07 Å². The van der Waals surface area contributed by atoms with E-state index in [0.29, 0.717) is 16.8 Å². The lowest BCUT2D eigenvalue weighted by molar-refractivity contribution is 0.647. The van der Waals surface area contributed by atoms with Gasteiger partial charge < -0.3 is 4.42 Å². The van der Waals surface area contributed by atoms with Crippen molar-refractivity contribution >= 4 is 43.5 Å². The number of para-hydroxylation sites is 1. The molecule has 150 valence electrons. The molecular formula is C29H23NO. The van der Waals surface area contributed by atoms with Crippen LogP contribution in [0.1, 0.15) is 23.5 Å². The van der Waals surface area contributed by atoms with Gasteiger partial charge in [-0.1, -0.05) is 62.4 Å². The van der Waals surface area contributed by atoms with Gasteiger partial charge in [-0.15, -0.1) is 0 Å². The van der Waals surface area contributed by atoms with E-state index in [4.69, 9.17) is 8.53 Å². The van der Waals surface area contributed by atoms with Crippen LogP contribution in [-0.2, 0) is 6.37 Å². The first-order valence-electron chi connectivity index (χ1n) is 12.1. The van der Waals surface area contributed by atoms with Gasteiger partial charge in [-0.25, -0.2) is 0 Å². The number of hydrogen-bond donors (Lipinski definition) is 0. The van der Waals surface area contributed by atoms with Crippen LogP contribution in [0.4, 0.5) is 0 Å². The Labute approximate surface area is 185 Å². The second kappa shape index (κ2) is 6.95. The number of pyridine rings is 1. The normalized spacial score (nSPS) is 13.8. The highest BCUT2D eigenvalue weighted by molar-refractivity contribution is 6.17. The molecule has 0 fully saturated rings. The van der Waals surface area contributed by atoms with Gasteiger partial charge in [-0.05, 0) is 69.7 Å². The van der Waals surface area contributed by atoms with E-state index in [2.05, 4.69) is 47.4 Å². The lowest BCUT2D eigenvalue weighted by Gasteiger charge is -2.07. The Kier molecular flexibility index (Phi) is 3.41. The minimum Gasteiger partial charge on any atom is -0.455 e. The largest absolute Gasteiger partial charge is 0.455 e. The molecule has 0 saturated carbocycles. The zero-order valence-corrected chi connectivity index (χ0v) is 17.4. The molecule has 6 rings (SSSR count). The maximum absolute atomic E-state index is 8.51. The van der Waals surface area contributed by atoms with Crippen molar-refractivity contribution in [3.8, 4) is 11.3 Å². The monoisotopic (exact) mass is 404 g/mol. The smallest absolute Gasteiger partial charge is 0.144 e. The summed E-state index contributed by atoms with van der Waals surface area (Å²) in [4.78, 5) is 4.43. The molecule has 0 unspecified atom stereocenters.